The highest BCUT2D eigenvalue weighted by Gasteiger charge is 2.14. The van der Waals surface area contributed by atoms with Crippen LogP contribution in [0.25, 0.3) is 0 Å². The molecule has 0 radical (unpaired) electrons. The number of hydrogen-bond donors (Lipinski definition) is 2. The number of ether oxygens (including phenoxy) is 1. The molecule has 0 unspecified atom stereocenters. The fraction of sp³-hybridized carbons (Fsp3) is 0.353. The Balaban J connectivity index is 1.99. The number of nitrogens with one attached hydrogen (secondary N) is 1. The van der Waals surface area contributed by atoms with E-state index in [1.54, 1.807) is 31.2 Å². The molecule has 0 saturated heterocycles. The molecule has 0 aliphatic rings. The molecule has 0 aliphatic heterocycles. The molecule has 0 saturated carbocycles. The largest absolute Gasteiger partial charge is 0.488 e. The lowest BCUT2D eigenvalue weighted by Gasteiger charge is -2.11. The number of aliphatic carboxylic acids is 1. The van der Waals surface area contributed by atoms with E-state index in [0.717, 1.165) is 11.3 Å². The summed E-state index contributed by atoms with van der Waals surface area (Å²) in [5, 5.41) is 15.2. The third kappa shape index (κ3) is 4.58. The summed E-state index contributed by atoms with van der Waals surface area (Å²) in [6.45, 7) is 4.18. The second kappa shape index (κ2) is 8.14. The molecule has 1 amide bonds. The molecule has 7 nitrogen and oxygen atoms in total. The minimum Gasteiger partial charge on any atom is -0.488 e. The van der Waals surface area contributed by atoms with Gasteiger partial charge in [0.15, 0.2) is 0 Å². The number of carboxylic acid groups (broad SMARTS) is 1. The highest BCUT2D eigenvalue weighted by Crippen LogP contribution is 2.21. The van der Waals surface area contributed by atoms with Crippen molar-refractivity contribution >= 4 is 11.9 Å². The molecular weight excluding hydrogens is 312 g/mol. The van der Waals surface area contributed by atoms with Gasteiger partial charge in [-0.05, 0) is 32.4 Å². The van der Waals surface area contributed by atoms with E-state index in [-0.39, 0.29) is 18.9 Å². The number of carbonyl (C=O) groups excluding carboxylic acids is 1. The first-order valence-electron chi connectivity index (χ1n) is 7.62. The monoisotopic (exact) mass is 332 g/mol. The fourth-order valence-corrected chi connectivity index (χ4v) is 2.17. The molecule has 2 rings (SSSR count). The Morgan fingerprint density at radius 1 is 1.29 bits per heavy atom. The van der Waals surface area contributed by atoms with Gasteiger partial charge in [0.1, 0.15) is 18.1 Å². The van der Waals surface area contributed by atoms with Gasteiger partial charge >= 0.3 is 5.97 Å². The van der Waals surface area contributed by atoms with E-state index in [9.17, 15) is 9.59 Å². The number of nitrogens with zero attached hydrogens (tertiary/aromatic N) is 1. The third-order valence-corrected chi connectivity index (χ3v) is 3.54. The van der Waals surface area contributed by atoms with Gasteiger partial charge in [0.2, 0.25) is 0 Å². The van der Waals surface area contributed by atoms with Crippen LogP contribution in [-0.2, 0) is 11.4 Å². The highest BCUT2D eigenvalue weighted by molar-refractivity contribution is 5.96. The number of carbonyl (C=O) groups is 2. The smallest absolute Gasteiger partial charge is 0.303 e. The van der Waals surface area contributed by atoms with E-state index in [2.05, 4.69) is 10.5 Å². The lowest BCUT2D eigenvalue weighted by molar-refractivity contribution is -0.137. The van der Waals surface area contributed by atoms with Crippen molar-refractivity contribution in [3.05, 3.63) is 46.8 Å². The van der Waals surface area contributed by atoms with Crippen LogP contribution < -0.4 is 10.1 Å². The van der Waals surface area contributed by atoms with Crippen molar-refractivity contribution in [2.24, 2.45) is 0 Å². The number of aryl methyl sites for hydroxylation is 2. The molecule has 128 valence electrons. The number of para-hydroxylation sites is 1. The number of benzene rings is 1. The Bertz CT molecular complexity index is 704. The van der Waals surface area contributed by atoms with Crippen molar-refractivity contribution in [2.75, 3.05) is 6.54 Å². The number of aromatic nitrogens is 1. The summed E-state index contributed by atoms with van der Waals surface area (Å²) in [5.41, 5.74) is 2.01. The van der Waals surface area contributed by atoms with Crippen molar-refractivity contribution in [3.8, 4) is 5.75 Å². The number of hydrogen-bond acceptors (Lipinski definition) is 5. The maximum atomic E-state index is 12.2. The summed E-state index contributed by atoms with van der Waals surface area (Å²) in [5.74, 6) is -0.0430. The zero-order valence-electron chi connectivity index (χ0n) is 13.7. The Labute approximate surface area is 139 Å². The third-order valence-electron chi connectivity index (χ3n) is 3.54. The Morgan fingerprint density at radius 3 is 2.71 bits per heavy atom. The van der Waals surface area contributed by atoms with Crippen molar-refractivity contribution in [1.29, 1.82) is 0 Å². The van der Waals surface area contributed by atoms with E-state index in [0.29, 0.717) is 30.0 Å². The van der Waals surface area contributed by atoms with Gasteiger partial charge in [0, 0.05) is 13.0 Å². The second-order valence-corrected chi connectivity index (χ2v) is 5.34. The quantitative estimate of drug-likeness (QED) is 0.720. The zero-order valence-corrected chi connectivity index (χ0v) is 13.7. The van der Waals surface area contributed by atoms with Crippen molar-refractivity contribution in [2.45, 2.75) is 33.3 Å². The first-order valence-corrected chi connectivity index (χ1v) is 7.62. The molecule has 0 atom stereocenters. The fourth-order valence-electron chi connectivity index (χ4n) is 2.17. The van der Waals surface area contributed by atoms with E-state index in [4.69, 9.17) is 14.4 Å². The Hall–Kier alpha value is -2.83. The molecule has 1 aromatic heterocycles. The first kappa shape index (κ1) is 17.5. The maximum absolute atomic E-state index is 12.2. The summed E-state index contributed by atoms with van der Waals surface area (Å²) < 4.78 is 10.8. The van der Waals surface area contributed by atoms with Gasteiger partial charge in [0.05, 0.1) is 16.8 Å². The molecule has 1 aromatic carbocycles. The minimum absolute atomic E-state index is 0.0183. The normalized spacial score (nSPS) is 10.4. The van der Waals surface area contributed by atoms with Crippen molar-refractivity contribution in [1.82, 2.24) is 10.5 Å². The van der Waals surface area contributed by atoms with Crippen LogP contribution >= 0.6 is 0 Å². The molecule has 2 aromatic rings. The van der Waals surface area contributed by atoms with Gasteiger partial charge in [-0.25, -0.2) is 0 Å². The van der Waals surface area contributed by atoms with Gasteiger partial charge in [0.25, 0.3) is 5.91 Å². The van der Waals surface area contributed by atoms with Crippen LogP contribution in [0.15, 0.2) is 28.8 Å². The van der Waals surface area contributed by atoms with Crippen LogP contribution in [0, 0.1) is 13.8 Å². The average Bonchev–Trinajstić information content (AvgIpc) is 2.88. The first-order chi connectivity index (χ1) is 11.5. The molecule has 0 fully saturated rings. The summed E-state index contributed by atoms with van der Waals surface area (Å²) in [6.07, 6.45) is 0.396. The molecule has 2 N–H and O–H groups in total. The van der Waals surface area contributed by atoms with Crippen LogP contribution in [0.5, 0.6) is 5.75 Å². The Morgan fingerprint density at radius 2 is 2.04 bits per heavy atom. The van der Waals surface area contributed by atoms with Gasteiger partial charge in [-0.15, -0.1) is 0 Å². The number of carboxylic acids is 1. The van der Waals surface area contributed by atoms with E-state index in [1.807, 2.05) is 6.92 Å². The SMILES string of the molecule is Cc1noc(C)c1COc1ccccc1C(=O)NCCCC(=O)O. The standard InChI is InChI=1S/C17H20N2O5/c1-11-14(12(2)24-19-11)10-23-15-7-4-3-6-13(15)17(22)18-9-5-8-16(20)21/h3-4,6-7H,5,8-10H2,1-2H3,(H,18,22)(H,20,21). The van der Waals surface area contributed by atoms with Crippen LogP contribution in [0.2, 0.25) is 0 Å². The minimum atomic E-state index is -0.882. The lowest BCUT2D eigenvalue weighted by Crippen LogP contribution is -2.25. The van der Waals surface area contributed by atoms with Crippen LogP contribution in [0.3, 0.4) is 0 Å². The summed E-state index contributed by atoms with van der Waals surface area (Å²) in [6, 6.07) is 6.90. The van der Waals surface area contributed by atoms with Gasteiger partial charge in [-0.2, -0.15) is 0 Å². The average molecular weight is 332 g/mol. The summed E-state index contributed by atoms with van der Waals surface area (Å²) in [4.78, 5) is 22.7. The topological polar surface area (TPSA) is 102 Å². The molecule has 0 spiro atoms. The molecule has 1 heterocycles. The molecule has 0 aliphatic carbocycles. The van der Waals surface area contributed by atoms with Crippen molar-refractivity contribution in [3.63, 3.8) is 0 Å². The summed E-state index contributed by atoms with van der Waals surface area (Å²) in [7, 11) is 0. The Kier molecular flexibility index (Phi) is 5.95. The van der Waals surface area contributed by atoms with Gasteiger partial charge in [-0.1, -0.05) is 17.3 Å². The predicted molar refractivity (Wildman–Crippen MR) is 86.0 cm³/mol. The highest BCUT2D eigenvalue weighted by atomic mass is 16.5. The van der Waals surface area contributed by atoms with E-state index in [1.165, 1.54) is 0 Å². The predicted octanol–water partition coefficient (Wildman–Crippen LogP) is 2.47. The number of amides is 1. The van der Waals surface area contributed by atoms with Crippen LogP contribution in [0.1, 0.15) is 40.2 Å². The summed E-state index contributed by atoms with van der Waals surface area (Å²) >= 11 is 0. The van der Waals surface area contributed by atoms with E-state index >= 15 is 0 Å². The molecular formula is C17H20N2O5. The number of rotatable bonds is 8. The van der Waals surface area contributed by atoms with E-state index < -0.39 is 5.97 Å². The van der Waals surface area contributed by atoms with Gasteiger partial charge < -0.3 is 19.7 Å². The van der Waals surface area contributed by atoms with Gasteiger partial charge in [-0.3, -0.25) is 9.59 Å². The molecule has 7 heteroatoms. The molecule has 0 bridgehead atoms. The van der Waals surface area contributed by atoms with Crippen LogP contribution in [-0.4, -0.2) is 28.7 Å². The maximum Gasteiger partial charge on any atom is 0.303 e. The van der Waals surface area contributed by atoms with Crippen molar-refractivity contribution < 1.29 is 24.0 Å². The zero-order chi connectivity index (χ0) is 17.5. The van der Waals surface area contributed by atoms with Crippen LogP contribution in [0.4, 0.5) is 0 Å². The lowest BCUT2D eigenvalue weighted by atomic mass is 10.1. The second-order valence-electron chi connectivity index (χ2n) is 5.34. The molecule has 24 heavy (non-hydrogen) atoms.